The number of aromatic nitrogens is 1. The van der Waals surface area contributed by atoms with E-state index >= 15 is 0 Å². The lowest BCUT2D eigenvalue weighted by Crippen LogP contribution is -2.13. The molecule has 0 spiro atoms. The average molecular weight is 342 g/mol. The number of hydrogen-bond donors (Lipinski definition) is 1. The van der Waals surface area contributed by atoms with E-state index in [0.29, 0.717) is 17.0 Å². The molecule has 0 aliphatic heterocycles. The number of fused-ring (bicyclic) bond motifs is 1. The van der Waals surface area contributed by atoms with E-state index in [1.165, 1.54) is 0 Å². The molecule has 0 aliphatic rings. The molecule has 128 valence electrons. The second-order valence-corrected chi connectivity index (χ2v) is 6.32. The Bertz CT molecular complexity index is 1090. The Morgan fingerprint density at radius 1 is 0.923 bits per heavy atom. The Hall–Kier alpha value is -3.40. The van der Waals surface area contributed by atoms with Gasteiger partial charge in [-0.25, -0.2) is 0 Å². The van der Waals surface area contributed by atoms with Gasteiger partial charge >= 0.3 is 0 Å². The summed E-state index contributed by atoms with van der Waals surface area (Å²) in [6, 6.07) is 21.6. The lowest BCUT2D eigenvalue weighted by molar-refractivity contribution is 0.102. The van der Waals surface area contributed by atoms with Crippen LogP contribution in [0, 0.1) is 13.8 Å². The predicted octanol–water partition coefficient (Wildman–Crippen LogP) is 5.36. The second kappa shape index (κ2) is 6.48. The van der Waals surface area contributed by atoms with Gasteiger partial charge in [0.25, 0.3) is 5.91 Å². The summed E-state index contributed by atoms with van der Waals surface area (Å²) in [7, 11) is 0. The molecule has 1 aromatic heterocycles. The van der Waals surface area contributed by atoms with Crippen molar-refractivity contribution in [3.63, 3.8) is 0 Å². The lowest BCUT2D eigenvalue weighted by Gasteiger charge is -2.09. The summed E-state index contributed by atoms with van der Waals surface area (Å²) in [6.45, 7) is 3.79. The van der Waals surface area contributed by atoms with Crippen molar-refractivity contribution in [2.45, 2.75) is 13.8 Å². The fourth-order valence-electron chi connectivity index (χ4n) is 3.06. The van der Waals surface area contributed by atoms with Crippen molar-refractivity contribution in [2.75, 3.05) is 5.32 Å². The van der Waals surface area contributed by atoms with Crippen molar-refractivity contribution in [3.05, 3.63) is 83.6 Å². The summed E-state index contributed by atoms with van der Waals surface area (Å²) in [4.78, 5) is 13.0. The predicted molar refractivity (Wildman–Crippen MR) is 103 cm³/mol. The molecule has 3 aromatic carbocycles. The molecule has 0 saturated heterocycles. The van der Waals surface area contributed by atoms with Crippen LogP contribution in [0.3, 0.4) is 0 Å². The van der Waals surface area contributed by atoms with Gasteiger partial charge in [0.1, 0.15) is 5.56 Å². The minimum atomic E-state index is -0.226. The molecule has 0 radical (unpaired) electrons. The van der Waals surface area contributed by atoms with Crippen LogP contribution >= 0.6 is 0 Å². The minimum Gasteiger partial charge on any atom is -0.355 e. The fourth-order valence-corrected chi connectivity index (χ4v) is 3.06. The maximum atomic E-state index is 13.0. The Labute approximate surface area is 151 Å². The van der Waals surface area contributed by atoms with Crippen molar-refractivity contribution in [1.82, 2.24) is 5.16 Å². The van der Waals surface area contributed by atoms with E-state index in [1.807, 2.05) is 73.7 Å². The average Bonchev–Trinajstić information content (AvgIpc) is 3.04. The first kappa shape index (κ1) is 16.1. The first-order chi connectivity index (χ1) is 12.6. The Balaban J connectivity index is 1.73. The summed E-state index contributed by atoms with van der Waals surface area (Å²) >= 11 is 0. The van der Waals surface area contributed by atoms with E-state index in [2.05, 4.69) is 10.5 Å². The van der Waals surface area contributed by atoms with Gasteiger partial charge in [0.2, 0.25) is 0 Å². The number of anilines is 1. The van der Waals surface area contributed by atoms with Gasteiger partial charge in [-0.1, -0.05) is 71.4 Å². The van der Waals surface area contributed by atoms with Gasteiger partial charge < -0.3 is 9.84 Å². The molecule has 0 unspecified atom stereocenters. The molecule has 4 nitrogen and oxygen atoms in total. The van der Waals surface area contributed by atoms with E-state index in [0.717, 1.165) is 27.6 Å². The number of carbonyl (C=O) groups excluding carboxylic acids is 1. The van der Waals surface area contributed by atoms with Crippen LogP contribution in [-0.2, 0) is 0 Å². The summed E-state index contributed by atoms with van der Waals surface area (Å²) in [5.74, 6) is 0.260. The van der Waals surface area contributed by atoms with E-state index in [9.17, 15) is 4.79 Å². The second-order valence-electron chi connectivity index (χ2n) is 6.32. The molecule has 1 N–H and O–H groups in total. The molecule has 1 heterocycles. The van der Waals surface area contributed by atoms with Gasteiger partial charge in [0, 0.05) is 16.6 Å². The van der Waals surface area contributed by atoms with Crippen LogP contribution in [-0.4, -0.2) is 11.1 Å². The first-order valence-electron chi connectivity index (χ1n) is 8.46. The van der Waals surface area contributed by atoms with Gasteiger partial charge in [-0.3, -0.25) is 4.79 Å². The molecule has 4 heteroatoms. The number of carbonyl (C=O) groups is 1. The van der Waals surface area contributed by atoms with Crippen LogP contribution < -0.4 is 5.32 Å². The van der Waals surface area contributed by atoms with Crippen molar-refractivity contribution < 1.29 is 9.32 Å². The topological polar surface area (TPSA) is 55.1 Å². The van der Waals surface area contributed by atoms with Crippen LogP contribution in [0.5, 0.6) is 0 Å². The van der Waals surface area contributed by atoms with E-state index in [1.54, 1.807) is 6.92 Å². The normalized spacial score (nSPS) is 10.8. The van der Waals surface area contributed by atoms with Crippen molar-refractivity contribution in [3.8, 4) is 11.3 Å². The Morgan fingerprint density at radius 3 is 2.46 bits per heavy atom. The van der Waals surface area contributed by atoms with Gasteiger partial charge in [-0.15, -0.1) is 0 Å². The number of benzene rings is 3. The molecule has 26 heavy (non-hydrogen) atoms. The first-order valence-corrected chi connectivity index (χ1v) is 8.46. The number of amides is 1. The standard InChI is InChI=1S/C22H18N2O2/c1-14-10-12-17(13-11-14)21-20(15(2)24-26-21)22(25)23-19-9-5-7-16-6-3-4-8-18(16)19/h3-13H,1-2H3,(H,23,25). The summed E-state index contributed by atoms with van der Waals surface area (Å²) in [6.07, 6.45) is 0. The third kappa shape index (κ3) is 2.86. The van der Waals surface area contributed by atoms with E-state index < -0.39 is 0 Å². The smallest absolute Gasteiger partial charge is 0.261 e. The molecule has 0 bridgehead atoms. The Morgan fingerprint density at radius 2 is 1.65 bits per heavy atom. The number of nitrogens with zero attached hydrogens (tertiary/aromatic N) is 1. The van der Waals surface area contributed by atoms with Gasteiger partial charge in [0.15, 0.2) is 5.76 Å². The lowest BCUT2D eigenvalue weighted by atomic mass is 10.0. The number of hydrogen-bond acceptors (Lipinski definition) is 3. The van der Waals surface area contributed by atoms with Crippen LogP contribution in [0.4, 0.5) is 5.69 Å². The largest absolute Gasteiger partial charge is 0.355 e. The fraction of sp³-hybridized carbons (Fsp3) is 0.0909. The zero-order valence-electron chi connectivity index (χ0n) is 14.6. The highest BCUT2D eigenvalue weighted by Gasteiger charge is 2.22. The minimum absolute atomic E-state index is 0.226. The van der Waals surface area contributed by atoms with Crippen LogP contribution in [0.2, 0.25) is 0 Å². The van der Waals surface area contributed by atoms with Crippen LogP contribution in [0.15, 0.2) is 71.3 Å². The summed E-state index contributed by atoms with van der Waals surface area (Å²) in [5.41, 5.74) is 3.77. The molecule has 0 aliphatic carbocycles. The molecule has 0 saturated carbocycles. The zero-order chi connectivity index (χ0) is 18.1. The SMILES string of the molecule is Cc1ccc(-c2onc(C)c2C(=O)Nc2cccc3ccccc23)cc1. The number of rotatable bonds is 3. The molecule has 4 rings (SSSR count). The maximum absolute atomic E-state index is 13.0. The maximum Gasteiger partial charge on any atom is 0.261 e. The van der Waals surface area contributed by atoms with Crippen LogP contribution in [0.1, 0.15) is 21.6 Å². The molecular weight excluding hydrogens is 324 g/mol. The van der Waals surface area contributed by atoms with Crippen molar-refractivity contribution in [2.24, 2.45) is 0 Å². The molecular formula is C22H18N2O2. The third-order valence-electron chi connectivity index (χ3n) is 4.44. The molecule has 0 atom stereocenters. The highest BCUT2D eigenvalue weighted by Crippen LogP contribution is 2.29. The summed E-state index contributed by atoms with van der Waals surface area (Å²) < 4.78 is 5.46. The zero-order valence-corrected chi connectivity index (χ0v) is 14.6. The Kier molecular flexibility index (Phi) is 4.01. The molecule has 1 amide bonds. The van der Waals surface area contributed by atoms with E-state index in [4.69, 9.17) is 4.52 Å². The summed E-state index contributed by atoms with van der Waals surface area (Å²) in [5, 5.41) is 9.09. The quantitative estimate of drug-likeness (QED) is 0.545. The molecule has 4 aromatic rings. The third-order valence-corrected chi connectivity index (χ3v) is 4.44. The van der Waals surface area contributed by atoms with Crippen LogP contribution in [0.25, 0.3) is 22.1 Å². The van der Waals surface area contributed by atoms with Gasteiger partial charge in [0.05, 0.1) is 5.69 Å². The van der Waals surface area contributed by atoms with Crippen molar-refractivity contribution >= 4 is 22.4 Å². The number of aryl methyl sites for hydroxylation is 2. The monoisotopic (exact) mass is 342 g/mol. The highest BCUT2D eigenvalue weighted by molar-refractivity contribution is 6.12. The number of nitrogens with one attached hydrogen (secondary N) is 1. The van der Waals surface area contributed by atoms with Crippen molar-refractivity contribution in [1.29, 1.82) is 0 Å². The van der Waals surface area contributed by atoms with Gasteiger partial charge in [-0.2, -0.15) is 0 Å². The highest BCUT2D eigenvalue weighted by atomic mass is 16.5. The van der Waals surface area contributed by atoms with Gasteiger partial charge in [-0.05, 0) is 25.3 Å². The molecule has 0 fully saturated rings. The van der Waals surface area contributed by atoms with E-state index in [-0.39, 0.29) is 5.91 Å².